The Bertz CT molecular complexity index is 252. The average molecular weight is 202 g/mol. The first kappa shape index (κ1) is 9.87. The highest BCUT2D eigenvalue weighted by Crippen LogP contribution is 2.23. The van der Waals surface area contributed by atoms with Crippen LogP contribution in [-0.2, 0) is 0 Å². The van der Waals surface area contributed by atoms with Gasteiger partial charge in [-0.15, -0.1) is 23.4 Å². The van der Waals surface area contributed by atoms with Crippen LogP contribution in [-0.4, -0.2) is 16.1 Å². The molecule has 1 aromatic rings. The van der Waals surface area contributed by atoms with Gasteiger partial charge in [0.1, 0.15) is 0 Å². The van der Waals surface area contributed by atoms with Crippen molar-refractivity contribution in [2.45, 2.75) is 24.0 Å². The number of pyridine rings is 1. The Kier molecular flexibility index (Phi) is 3.89. The summed E-state index contributed by atoms with van der Waals surface area (Å²) in [5.41, 5.74) is 1.06. The van der Waals surface area contributed by atoms with Crippen molar-refractivity contribution in [3.05, 3.63) is 24.0 Å². The largest absolute Gasteiger partial charge is 0.262 e. The third-order valence-corrected chi connectivity index (χ3v) is 3.16. The van der Waals surface area contributed by atoms with E-state index in [2.05, 4.69) is 18.0 Å². The highest BCUT2D eigenvalue weighted by Gasteiger charge is 2.02. The zero-order valence-electron chi connectivity index (χ0n) is 7.25. The van der Waals surface area contributed by atoms with Gasteiger partial charge in [-0.2, -0.15) is 0 Å². The summed E-state index contributed by atoms with van der Waals surface area (Å²) in [5, 5.41) is 0.466. The Morgan fingerprint density at radius 2 is 2.42 bits per heavy atom. The molecule has 0 aliphatic rings. The molecule has 12 heavy (non-hydrogen) atoms. The number of rotatable bonds is 3. The molecule has 1 rings (SSSR count). The zero-order valence-corrected chi connectivity index (χ0v) is 8.82. The summed E-state index contributed by atoms with van der Waals surface area (Å²) in [6.45, 7) is 4.11. The van der Waals surface area contributed by atoms with E-state index in [1.807, 2.05) is 19.2 Å². The summed E-state index contributed by atoms with van der Waals surface area (Å²) in [6.07, 6.45) is 1.83. The van der Waals surface area contributed by atoms with Gasteiger partial charge in [0.25, 0.3) is 0 Å². The first-order chi connectivity index (χ1) is 5.72. The molecule has 1 atom stereocenters. The molecule has 0 bridgehead atoms. The molecule has 0 saturated heterocycles. The van der Waals surface area contributed by atoms with Crippen LogP contribution in [0.15, 0.2) is 23.2 Å². The van der Waals surface area contributed by atoms with Gasteiger partial charge in [-0.1, -0.05) is 6.92 Å². The SMILES string of the molecule is Cc1cc(SC(C)CCl)ccn1. The molecule has 0 N–H and O–H groups in total. The van der Waals surface area contributed by atoms with E-state index in [0.29, 0.717) is 11.1 Å². The van der Waals surface area contributed by atoms with E-state index < -0.39 is 0 Å². The Balaban J connectivity index is 2.63. The van der Waals surface area contributed by atoms with Crippen LogP contribution in [0.3, 0.4) is 0 Å². The predicted octanol–water partition coefficient (Wildman–Crippen LogP) is 3.11. The summed E-state index contributed by atoms with van der Waals surface area (Å²) >= 11 is 7.49. The second kappa shape index (κ2) is 4.73. The van der Waals surface area contributed by atoms with E-state index in [9.17, 15) is 0 Å². The Morgan fingerprint density at radius 1 is 1.67 bits per heavy atom. The van der Waals surface area contributed by atoms with Gasteiger partial charge in [-0.25, -0.2) is 0 Å². The van der Waals surface area contributed by atoms with Crippen molar-refractivity contribution in [3.63, 3.8) is 0 Å². The number of hydrogen-bond acceptors (Lipinski definition) is 2. The second-order valence-electron chi connectivity index (χ2n) is 2.72. The van der Waals surface area contributed by atoms with Gasteiger partial charge in [0.15, 0.2) is 0 Å². The summed E-state index contributed by atoms with van der Waals surface area (Å²) in [7, 11) is 0. The van der Waals surface area contributed by atoms with Gasteiger partial charge in [-0.3, -0.25) is 4.98 Å². The third kappa shape index (κ3) is 3.03. The van der Waals surface area contributed by atoms with Crippen molar-refractivity contribution in [2.24, 2.45) is 0 Å². The molecule has 0 aromatic carbocycles. The van der Waals surface area contributed by atoms with Gasteiger partial charge in [0, 0.05) is 27.9 Å². The van der Waals surface area contributed by atoms with Crippen LogP contribution in [0.1, 0.15) is 12.6 Å². The fraction of sp³-hybridized carbons (Fsp3) is 0.444. The topological polar surface area (TPSA) is 12.9 Å². The quantitative estimate of drug-likeness (QED) is 0.551. The molecule has 3 heteroatoms. The molecule has 1 unspecified atom stereocenters. The lowest BCUT2D eigenvalue weighted by molar-refractivity contribution is 1.10. The van der Waals surface area contributed by atoms with E-state index >= 15 is 0 Å². The molecule has 0 saturated carbocycles. The zero-order chi connectivity index (χ0) is 8.97. The first-order valence-corrected chi connectivity index (χ1v) is 5.29. The maximum Gasteiger partial charge on any atom is 0.0383 e. The molecular weight excluding hydrogens is 190 g/mol. The molecule has 1 nitrogen and oxygen atoms in total. The Hall–Kier alpha value is -0.210. The van der Waals surface area contributed by atoms with Crippen molar-refractivity contribution >= 4 is 23.4 Å². The summed E-state index contributed by atoms with van der Waals surface area (Å²) in [4.78, 5) is 5.37. The monoisotopic (exact) mass is 201 g/mol. The van der Waals surface area contributed by atoms with Crippen LogP contribution in [0.2, 0.25) is 0 Å². The minimum absolute atomic E-state index is 0.466. The van der Waals surface area contributed by atoms with E-state index in [0.717, 1.165) is 5.69 Å². The molecule has 0 aliphatic heterocycles. The minimum Gasteiger partial charge on any atom is -0.262 e. The Labute approximate surface area is 82.5 Å². The molecule has 1 aromatic heterocycles. The number of halogens is 1. The summed E-state index contributed by atoms with van der Waals surface area (Å²) in [5.74, 6) is 0.687. The van der Waals surface area contributed by atoms with Crippen molar-refractivity contribution < 1.29 is 0 Å². The van der Waals surface area contributed by atoms with Crippen LogP contribution in [0, 0.1) is 6.92 Å². The molecular formula is C9H12ClNS. The molecule has 0 fully saturated rings. The van der Waals surface area contributed by atoms with Crippen LogP contribution in [0.5, 0.6) is 0 Å². The number of nitrogens with zero attached hydrogens (tertiary/aromatic N) is 1. The smallest absolute Gasteiger partial charge is 0.0383 e. The molecule has 0 amide bonds. The van der Waals surface area contributed by atoms with Crippen molar-refractivity contribution in [3.8, 4) is 0 Å². The lowest BCUT2D eigenvalue weighted by Gasteiger charge is -2.06. The number of aryl methyl sites for hydroxylation is 1. The van der Waals surface area contributed by atoms with Gasteiger partial charge >= 0.3 is 0 Å². The fourth-order valence-electron chi connectivity index (χ4n) is 0.857. The minimum atomic E-state index is 0.466. The van der Waals surface area contributed by atoms with E-state index in [4.69, 9.17) is 11.6 Å². The highest BCUT2D eigenvalue weighted by atomic mass is 35.5. The molecule has 66 valence electrons. The van der Waals surface area contributed by atoms with Gasteiger partial charge in [0.2, 0.25) is 0 Å². The summed E-state index contributed by atoms with van der Waals surface area (Å²) in [6, 6.07) is 4.09. The van der Waals surface area contributed by atoms with Crippen molar-refractivity contribution in [1.29, 1.82) is 0 Å². The number of thioether (sulfide) groups is 1. The van der Waals surface area contributed by atoms with Crippen LogP contribution in [0.4, 0.5) is 0 Å². The summed E-state index contributed by atoms with van der Waals surface area (Å²) < 4.78 is 0. The fourth-order valence-corrected chi connectivity index (χ4v) is 1.95. The van der Waals surface area contributed by atoms with E-state index in [1.165, 1.54) is 4.90 Å². The lowest BCUT2D eigenvalue weighted by atomic mass is 10.4. The number of alkyl halides is 1. The molecule has 0 radical (unpaired) electrons. The first-order valence-electron chi connectivity index (χ1n) is 3.87. The predicted molar refractivity (Wildman–Crippen MR) is 55.0 cm³/mol. The number of hydrogen-bond donors (Lipinski definition) is 0. The van der Waals surface area contributed by atoms with E-state index in [1.54, 1.807) is 11.8 Å². The average Bonchev–Trinajstić information content (AvgIpc) is 2.04. The Morgan fingerprint density at radius 3 is 3.00 bits per heavy atom. The molecule has 0 spiro atoms. The highest BCUT2D eigenvalue weighted by molar-refractivity contribution is 8.00. The maximum atomic E-state index is 5.71. The van der Waals surface area contributed by atoms with Crippen molar-refractivity contribution in [2.75, 3.05) is 5.88 Å². The van der Waals surface area contributed by atoms with Crippen molar-refractivity contribution in [1.82, 2.24) is 4.98 Å². The van der Waals surface area contributed by atoms with E-state index in [-0.39, 0.29) is 0 Å². The number of aromatic nitrogens is 1. The molecule has 1 heterocycles. The van der Waals surface area contributed by atoms with Crippen LogP contribution in [0.25, 0.3) is 0 Å². The third-order valence-electron chi connectivity index (χ3n) is 1.42. The standard InChI is InChI=1S/C9H12ClNS/c1-7-5-9(3-4-11-7)12-8(2)6-10/h3-5,8H,6H2,1-2H3. The lowest BCUT2D eigenvalue weighted by Crippen LogP contribution is -1.96. The van der Waals surface area contributed by atoms with Crippen LogP contribution < -0.4 is 0 Å². The van der Waals surface area contributed by atoms with Gasteiger partial charge < -0.3 is 0 Å². The van der Waals surface area contributed by atoms with Crippen LogP contribution >= 0.6 is 23.4 Å². The second-order valence-corrected chi connectivity index (χ2v) is 4.54. The van der Waals surface area contributed by atoms with Gasteiger partial charge in [-0.05, 0) is 19.1 Å². The normalized spacial score (nSPS) is 12.9. The van der Waals surface area contributed by atoms with Gasteiger partial charge in [0.05, 0.1) is 0 Å². The molecule has 0 aliphatic carbocycles. The maximum absolute atomic E-state index is 5.71.